The van der Waals surface area contributed by atoms with Gasteiger partial charge in [0.1, 0.15) is 5.54 Å². The van der Waals surface area contributed by atoms with Crippen LogP contribution in [0.15, 0.2) is 28.7 Å². The standard InChI is InChI=1S/C15H19BrN2O3/c1-10-3-2-8-15(9-10,13(19)20)18-14(21)17-12-6-4-11(16)5-7-12/h4-7,10H,2-3,8-9H2,1H3,(H,19,20)(H2,17,18,21). The number of hydrogen-bond acceptors (Lipinski definition) is 2. The smallest absolute Gasteiger partial charge is 0.329 e. The number of rotatable bonds is 3. The molecule has 2 unspecified atom stereocenters. The van der Waals surface area contributed by atoms with Gasteiger partial charge in [0, 0.05) is 10.2 Å². The van der Waals surface area contributed by atoms with Crippen molar-refractivity contribution >= 4 is 33.6 Å². The van der Waals surface area contributed by atoms with Crippen LogP contribution in [0.25, 0.3) is 0 Å². The maximum atomic E-state index is 12.1. The molecule has 0 spiro atoms. The Labute approximate surface area is 132 Å². The van der Waals surface area contributed by atoms with E-state index >= 15 is 0 Å². The number of amides is 2. The number of carbonyl (C=O) groups is 2. The Hall–Kier alpha value is -1.56. The zero-order valence-electron chi connectivity index (χ0n) is 11.9. The Balaban J connectivity index is 2.05. The molecule has 1 saturated carbocycles. The minimum absolute atomic E-state index is 0.294. The lowest BCUT2D eigenvalue weighted by Crippen LogP contribution is -2.57. The van der Waals surface area contributed by atoms with E-state index in [1.54, 1.807) is 12.1 Å². The fraction of sp³-hybridized carbons (Fsp3) is 0.467. The van der Waals surface area contributed by atoms with Crippen molar-refractivity contribution in [3.05, 3.63) is 28.7 Å². The number of halogens is 1. The van der Waals surface area contributed by atoms with Crippen LogP contribution in [0.4, 0.5) is 10.5 Å². The highest BCUT2D eigenvalue weighted by Gasteiger charge is 2.43. The van der Waals surface area contributed by atoms with Crippen LogP contribution in [0.5, 0.6) is 0 Å². The Morgan fingerprint density at radius 3 is 2.57 bits per heavy atom. The fourth-order valence-electron chi connectivity index (χ4n) is 2.83. The number of carbonyl (C=O) groups excluding carboxylic acids is 1. The normalized spacial score (nSPS) is 25.1. The summed E-state index contributed by atoms with van der Waals surface area (Å²) in [5.41, 5.74) is -0.531. The summed E-state index contributed by atoms with van der Waals surface area (Å²) >= 11 is 3.32. The van der Waals surface area contributed by atoms with Gasteiger partial charge in [-0.1, -0.05) is 35.7 Å². The monoisotopic (exact) mass is 354 g/mol. The predicted octanol–water partition coefficient (Wildman–Crippen LogP) is 3.60. The first-order valence-corrected chi connectivity index (χ1v) is 7.79. The molecule has 1 aromatic rings. The van der Waals surface area contributed by atoms with Crippen molar-refractivity contribution in [2.45, 2.75) is 38.1 Å². The minimum Gasteiger partial charge on any atom is -0.480 e. The molecule has 1 aliphatic carbocycles. The van der Waals surface area contributed by atoms with E-state index in [1.807, 2.05) is 19.1 Å². The second-order valence-electron chi connectivity index (χ2n) is 5.67. The number of aliphatic carboxylic acids is 1. The Morgan fingerprint density at radius 2 is 2.00 bits per heavy atom. The maximum Gasteiger partial charge on any atom is 0.329 e. The van der Waals surface area contributed by atoms with Crippen LogP contribution in [0.3, 0.4) is 0 Å². The minimum atomic E-state index is -1.16. The molecule has 114 valence electrons. The van der Waals surface area contributed by atoms with E-state index in [-0.39, 0.29) is 0 Å². The lowest BCUT2D eigenvalue weighted by molar-refractivity contribution is -0.146. The summed E-state index contributed by atoms with van der Waals surface area (Å²) in [5.74, 6) is -0.664. The molecule has 0 radical (unpaired) electrons. The Morgan fingerprint density at radius 1 is 1.33 bits per heavy atom. The molecule has 1 aliphatic rings. The lowest BCUT2D eigenvalue weighted by Gasteiger charge is -2.36. The molecule has 1 aromatic carbocycles. The molecule has 5 nitrogen and oxygen atoms in total. The van der Waals surface area contributed by atoms with Gasteiger partial charge >= 0.3 is 12.0 Å². The topological polar surface area (TPSA) is 78.4 Å². The Kier molecular flexibility index (Phi) is 4.88. The first-order chi connectivity index (χ1) is 9.91. The molecule has 2 amide bonds. The van der Waals surface area contributed by atoms with Gasteiger partial charge in [-0.2, -0.15) is 0 Å². The van der Waals surface area contributed by atoms with E-state index in [9.17, 15) is 14.7 Å². The molecule has 0 bridgehead atoms. The summed E-state index contributed by atoms with van der Waals surface area (Å²) in [6.07, 6.45) is 2.76. The molecular weight excluding hydrogens is 336 g/mol. The summed E-state index contributed by atoms with van der Waals surface area (Å²) in [6.45, 7) is 2.02. The van der Waals surface area contributed by atoms with Crippen molar-refractivity contribution in [1.82, 2.24) is 5.32 Å². The third-order valence-corrected chi connectivity index (χ3v) is 4.39. The average molecular weight is 355 g/mol. The molecule has 0 aliphatic heterocycles. The number of anilines is 1. The summed E-state index contributed by atoms with van der Waals surface area (Å²) in [5, 5.41) is 14.8. The lowest BCUT2D eigenvalue weighted by atomic mass is 9.76. The largest absolute Gasteiger partial charge is 0.480 e. The molecule has 2 atom stereocenters. The van der Waals surface area contributed by atoms with Gasteiger partial charge in [0.05, 0.1) is 0 Å². The van der Waals surface area contributed by atoms with E-state index in [2.05, 4.69) is 26.6 Å². The van der Waals surface area contributed by atoms with Crippen molar-refractivity contribution in [3.8, 4) is 0 Å². The SMILES string of the molecule is CC1CCCC(NC(=O)Nc2ccc(Br)cc2)(C(=O)O)C1. The first-order valence-electron chi connectivity index (χ1n) is 6.99. The quantitative estimate of drug-likeness (QED) is 0.775. The van der Waals surface area contributed by atoms with Crippen molar-refractivity contribution < 1.29 is 14.7 Å². The van der Waals surface area contributed by atoms with E-state index < -0.39 is 17.5 Å². The van der Waals surface area contributed by atoms with Gasteiger partial charge in [0.15, 0.2) is 0 Å². The summed E-state index contributed by atoms with van der Waals surface area (Å²) in [6, 6.07) is 6.64. The second-order valence-corrected chi connectivity index (χ2v) is 6.59. The van der Waals surface area contributed by atoms with Crippen LogP contribution in [0.2, 0.25) is 0 Å². The summed E-state index contributed by atoms with van der Waals surface area (Å²) in [4.78, 5) is 23.7. The number of hydrogen-bond donors (Lipinski definition) is 3. The van der Waals surface area contributed by atoms with Crippen LogP contribution in [-0.2, 0) is 4.79 Å². The number of urea groups is 1. The Bertz CT molecular complexity index is 532. The van der Waals surface area contributed by atoms with Gasteiger partial charge < -0.3 is 15.7 Å². The third-order valence-electron chi connectivity index (χ3n) is 3.86. The van der Waals surface area contributed by atoms with Gasteiger partial charge in [-0.15, -0.1) is 0 Å². The molecule has 6 heteroatoms. The number of benzene rings is 1. The van der Waals surface area contributed by atoms with Crippen LogP contribution in [0, 0.1) is 5.92 Å². The van der Waals surface area contributed by atoms with Crippen LogP contribution in [-0.4, -0.2) is 22.6 Å². The van der Waals surface area contributed by atoms with Crippen molar-refractivity contribution in [1.29, 1.82) is 0 Å². The molecule has 1 fully saturated rings. The molecule has 21 heavy (non-hydrogen) atoms. The van der Waals surface area contributed by atoms with Crippen molar-refractivity contribution in [2.24, 2.45) is 5.92 Å². The van der Waals surface area contributed by atoms with Gasteiger partial charge in [0.2, 0.25) is 0 Å². The van der Waals surface area contributed by atoms with Crippen molar-refractivity contribution in [3.63, 3.8) is 0 Å². The highest BCUT2D eigenvalue weighted by molar-refractivity contribution is 9.10. The van der Waals surface area contributed by atoms with Gasteiger partial charge in [-0.25, -0.2) is 9.59 Å². The maximum absolute atomic E-state index is 12.1. The van der Waals surface area contributed by atoms with Gasteiger partial charge in [-0.05, 0) is 43.0 Å². The zero-order valence-corrected chi connectivity index (χ0v) is 13.4. The number of nitrogens with one attached hydrogen (secondary N) is 2. The van der Waals surface area contributed by atoms with Crippen LogP contribution >= 0.6 is 15.9 Å². The highest BCUT2D eigenvalue weighted by Crippen LogP contribution is 2.32. The van der Waals surface area contributed by atoms with Crippen molar-refractivity contribution in [2.75, 3.05) is 5.32 Å². The summed E-state index contributed by atoms with van der Waals surface area (Å²) in [7, 11) is 0. The molecule has 2 rings (SSSR count). The molecular formula is C15H19BrN2O3. The molecule has 0 heterocycles. The summed E-state index contributed by atoms with van der Waals surface area (Å²) < 4.78 is 0.913. The van der Waals surface area contributed by atoms with E-state index in [1.165, 1.54) is 0 Å². The molecule has 0 aromatic heterocycles. The second kappa shape index (κ2) is 6.47. The van der Waals surface area contributed by atoms with Crippen LogP contribution in [0.1, 0.15) is 32.6 Å². The number of carboxylic acid groups (broad SMARTS) is 1. The van der Waals surface area contributed by atoms with Gasteiger partial charge in [-0.3, -0.25) is 0 Å². The van der Waals surface area contributed by atoms with Crippen LogP contribution < -0.4 is 10.6 Å². The third kappa shape index (κ3) is 3.97. The highest BCUT2D eigenvalue weighted by atomic mass is 79.9. The predicted molar refractivity (Wildman–Crippen MR) is 84.3 cm³/mol. The van der Waals surface area contributed by atoms with E-state index in [4.69, 9.17) is 0 Å². The molecule has 0 saturated heterocycles. The van der Waals surface area contributed by atoms with Gasteiger partial charge in [0.25, 0.3) is 0 Å². The number of carboxylic acids is 1. The van der Waals surface area contributed by atoms with E-state index in [0.29, 0.717) is 24.4 Å². The zero-order chi connectivity index (χ0) is 15.5. The fourth-order valence-corrected chi connectivity index (χ4v) is 3.09. The first kappa shape index (κ1) is 15.8. The molecule has 3 N–H and O–H groups in total. The van der Waals surface area contributed by atoms with E-state index in [0.717, 1.165) is 17.3 Å². The average Bonchev–Trinajstić information content (AvgIpc) is 2.41.